The zero-order chi connectivity index (χ0) is 55.9. The number of dihydropyridines is 1. The first-order valence-corrected chi connectivity index (χ1v) is 25.8. The minimum atomic E-state index is -3.90. The number of aromatic hydroxyl groups is 3. The second-order valence-corrected chi connectivity index (χ2v) is 21.6. The molecule has 13 rings (SSSR count). The van der Waals surface area contributed by atoms with Gasteiger partial charge in [0, 0.05) is 77.0 Å². The fourth-order valence-corrected chi connectivity index (χ4v) is 13.1. The third-order valence-electron chi connectivity index (χ3n) is 17.3. The molecule has 0 radical (unpaired) electrons. The van der Waals surface area contributed by atoms with E-state index in [2.05, 4.69) is 39.3 Å². The van der Waals surface area contributed by atoms with Gasteiger partial charge < -0.3 is 94.9 Å². The van der Waals surface area contributed by atoms with Gasteiger partial charge in [-0.3, -0.25) is 10.1 Å². The Hall–Kier alpha value is -7.23. The molecule has 9 aliphatic rings. The van der Waals surface area contributed by atoms with Crippen LogP contribution in [-0.2, 0) is 36.6 Å². The van der Waals surface area contributed by atoms with Gasteiger partial charge in [-0.15, -0.1) is 0 Å². The average molecular weight is 1090 g/mol. The Morgan fingerprint density at radius 3 is 2.47 bits per heavy atom. The number of aromatic amines is 1. The topological polar surface area (TPSA) is 384 Å². The summed E-state index contributed by atoms with van der Waals surface area (Å²) >= 11 is 0. The van der Waals surface area contributed by atoms with Gasteiger partial charge in [-0.25, -0.2) is 9.59 Å². The van der Waals surface area contributed by atoms with Crippen LogP contribution in [0.4, 0.5) is 0 Å². The number of hydrogen-bond donors (Lipinski definition) is 15. The van der Waals surface area contributed by atoms with Crippen molar-refractivity contribution >= 4 is 22.9 Å². The number of rotatable bonds is 5. The van der Waals surface area contributed by atoms with Crippen LogP contribution < -0.4 is 20.8 Å². The van der Waals surface area contributed by atoms with Crippen molar-refractivity contribution < 1.29 is 94.2 Å². The number of piperidine rings is 1. The van der Waals surface area contributed by atoms with Crippen molar-refractivity contribution in [2.24, 2.45) is 11.3 Å². The SMILES string of the molecule is C[C@@H]1CCNC2NC=C([C@H]3C=C4Cc5[nH]ccc5C#CC5(CCCC5)[C@]5(O)[C@H](O)[C@@H](O)[C@@]4(Oc4cc6oc(-c7cc(O)c(O)c(CCO)c7)cc(=O)c6c(O)c43)O[C@@]53CC#C[C@]4(C(=O)O)O[C@H](OC3=O)[C@H](O)[C@@H](O)C4(O)O)C=C21. The molecule has 0 amide bonds. The number of aliphatic hydroxyl groups is 8. The Balaban J connectivity index is 1.16. The van der Waals surface area contributed by atoms with E-state index < -0.39 is 124 Å². The van der Waals surface area contributed by atoms with Crippen molar-refractivity contribution in [3.8, 4) is 58.0 Å². The highest BCUT2D eigenvalue weighted by atomic mass is 16.8. The molecule has 2 aromatic carbocycles. The highest BCUT2D eigenvalue weighted by molar-refractivity contribution is 5.90. The van der Waals surface area contributed by atoms with Crippen molar-refractivity contribution in [3.63, 3.8) is 0 Å². The molecule has 414 valence electrons. The van der Waals surface area contributed by atoms with Crippen molar-refractivity contribution in [3.05, 3.63) is 104 Å². The number of aliphatic hydroxyl groups excluding tert-OH is 5. The van der Waals surface area contributed by atoms with Gasteiger partial charge in [0.1, 0.15) is 46.5 Å². The van der Waals surface area contributed by atoms with Crippen LogP contribution in [0.2, 0.25) is 0 Å². The molecular formula is C56H55N3O20. The molecule has 3 spiro atoms. The number of phenolic OH excluding ortho intramolecular Hbond substituents is 3. The number of fused-ring (bicyclic) bond motifs is 6. The van der Waals surface area contributed by atoms with Crippen LogP contribution in [0.25, 0.3) is 22.3 Å². The van der Waals surface area contributed by atoms with Gasteiger partial charge in [0.25, 0.3) is 11.4 Å². The molecule has 2 aromatic heterocycles. The van der Waals surface area contributed by atoms with Crippen LogP contribution in [0.1, 0.15) is 73.8 Å². The lowest BCUT2D eigenvalue weighted by molar-refractivity contribution is -0.405. The van der Waals surface area contributed by atoms with Crippen molar-refractivity contribution in [2.45, 2.75) is 129 Å². The van der Waals surface area contributed by atoms with Gasteiger partial charge in [0.05, 0.1) is 18.0 Å². The number of esters is 1. The van der Waals surface area contributed by atoms with E-state index in [0.717, 1.165) is 24.1 Å². The molecular weight excluding hydrogens is 1030 g/mol. The number of carbonyl (C=O) groups is 2. The minimum absolute atomic E-state index is 0.0214. The standard InChI is InChI=1S/C56H55N3O20/c1-25-6-14-58-47-31(25)18-29(24-59-47)32-20-30-21-33-26(7-15-57-33)5-13-51(9-2-3-10-51)55(72)46(68)45(67)54(30,79-53(55)12-4-11-52(49(69)70)56(73,74)44(66)43(65)48(78-52)76-50(53)71)77-38-23-37-40(42(64)39(32)38)34(61)22-36(75-37)28-17-27(8-16-60)41(63)35(62)19-28/h7,15,17-20,22-25,32,43-48,57-60,62-68,72-74H,2-3,6,8-10,12,14,16,21H2,1H3,(H,69,70)/t25-,32-,43-,44-,45-,46-,47?,48+,52-,53-,54+,55-/m1/s1. The maximum atomic E-state index is 15.8. The van der Waals surface area contributed by atoms with Crippen LogP contribution in [0, 0.1) is 35.0 Å². The third-order valence-corrected chi connectivity index (χ3v) is 17.3. The summed E-state index contributed by atoms with van der Waals surface area (Å²) in [7, 11) is 0. The Bertz CT molecular complexity index is 3570. The number of H-pyrrole nitrogens is 1. The zero-order valence-electron chi connectivity index (χ0n) is 42.0. The normalized spacial score (nSPS) is 34.7. The summed E-state index contributed by atoms with van der Waals surface area (Å²) in [6.45, 7) is 2.30. The average Bonchev–Trinajstić information content (AvgIpc) is 3.28. The fourth-order valence-electron chi connectivity index (χ4n) is 13.1. The van der Waals surface area contributed by atoms with Gasteiger partial charge in [0.2, 0.25) is 17.7 Å². The highest BCUT2D eigenvalue weighted by Crippen LogP contribution is 2.62. The lowest BCUT2D eigenvalue weighted by Gasteiger charge is -2.62. The summed E-state index contributed by atoms with van der Waals surface area (Å²) in [5.74, 6) is -3.73. The van der Waals surface area contributed by atoms with Crippen LogP contribution in [-0.4, -0.2) is 157 Å². The van der Waals surface area contributed by atoms with Crippen LogP contribution in [0.15, 0.2) is 80.8 Å². The van der Waals surface area contributed by atoms with Crippen molar-refractivity contribution in [2.75, 3.05) is 13.2 Å². The number of ether oxygens (including phenoxy) is 4. The van der Waals surface area contributed by atoms with Crippen LogP contribution >= 0.6 is 0 Å². The summed E-state index contributed by atoms with van der Waals surface area (Å²) < 4.78 is 31.8. The second kappa shape index (κ2) is 18.2. The van der Waals surface area contributed by atoms with Gasteiger partial charge in [-0.05, 0) is 73.4 Å². The molecule has 4 fully saturated rings. The second-order valence-electron chi connectivity index (χ2n) is 21.6. The van der Waals surface area contributed by atoms with Crippen LogP contribution in [0.5, 0.6) is 23.0 Å². The van der Waals surface area contributed by atoms with Gasteiger partial charge in [0.15, 0.2) is 28.6 Å². The fraction of sp³-hybridized carbons (Fsp3) is 0.446. The lowest BCUT2D eigenvalue weighted by Crippen LogP contribution is -2.84. The number of carboxylic acids is 1. The minimum Gasteiger partial charge on any atom is -0.507 e. The number of phenols is 3. The maximum Gasteiger partial charge on any atom is 0.354 e. The van der Waals surface area contributed by atoms with Crippen molar-refractivity contribution in [1.29, 1.82) is 0 Å². The quantitative estimate of drug-likeness (QED) is 0.0406. The van der Waals surface area contributed by atoms with E-state index in [1.165, 1.54) is 18.2 Å². The number of allylic oxidation sites excluding steroid dienone is 3. The molecule has 2 aliphatic carbocycles. The van der Waals surface area contributed by atoms with E-state index >= 15 is 4.79 Å². The monoisotopic (exact) mass is 1090 g/mol. The smallest absolute Gasteiger partial charge is 0.354 e. The molecule has 23 heteroatoms. The first-order valence-electron chi connectivity index (χ1n) is 25.8. The lowest BCUT2D eigenvalue weighted by atomic mass is 9.55. The van der Waals surface area contributed by atoms with E-state index in [4.69, 9.17) is 23.4 Å². The summed E-state index contributed by atoms with van der Waals surface area (Å²) in [6, 6.07) is 6.36. The zero-order valence-corrected chi connectivity index (χ0v) is 42.0. The summed E-state index contributed by atoms with van der Waals surface area (Å²) in [6.07, 6.45) is -7.21. The Morgan fingerprint density at radius 1 is 0.949 bits per heavy atom. The molecule has 9 heterocycles. The van der Waals surface area contributed by atoms with Gasteiger partial charge >= 0.3 is 11.9 Å². The van der Waals surface area contributed by atoms with Gasteiger partial charge in [-0.2, -0.15) is 0 Å². The predicted octanol–water partition coefficient (Wildman–Crippen LogP) is -0.170. The van der Waals surface area contributed by atoms with E-state index in [1.54, 1.807) is 18.5 Å². The molecule has 15 N–H and O–H groups in total. The molecule has 23 nitrogen and oxygen atoms in total. The molecule has 12 atom stereocenters. The van der Waals surface area contributed by atoms with Gasteiger partial charge in [-0.1, -0.05) is 49.7 Å². The number of benzene rings is 2. The number of hydrogen-bond acceptors (Lipinski definition) is 21. The molecule has 1 saturated carbocycles. The van der Waals surface area contributed by atoms with E-state index in [9.17, 15) is 70.9 Å². The van der Waals surface area contributed by atoms with Crippen molar-refractivity contribution in [1.82, 2.24) is 15.6 Å². The Kier molecular flexibility index (Phi) is 12.1. The summed E-state index contributed by atoms with van der Waals surface area (Å²) in [5, 5.41) is 146. The first-order chi connectivity index (χ1) is 37.6. The van der Waals surface area contributed by atoms with E-state index in [0.29, 0.717) is 36.2 Å². The highest BCUT2D eigenvalue weighted by Gasteiger charge is 2.80. The molecule has 4 aromatic rings. The largest absolute Gasteiger partial charge is 0.507 e. The number of aromatic nitrogens is 1. The molecule has 4 bridgehead atoms. The molecule has 1 unspecified atom stereocenters. The number of nitrogens with one attached hydrogen (secondary N) is 3. The maximum absolute atomic E-state index is 15.8. The molecule has 7 aliphatic heterocycles. The predicted molar refractivity (Wildman–Crippen MR) is 269 cm³/mol. The first kappa shape index (κ1) is 52.5. The van der Waals surface area contributed by atoms with E-state index in [-0.39, 0.29) is 76.8 Å². The third kappa shape index (κ3) is 7.26. The number of aliphatic carboxylic acids is 1. The Labute approximate surface area is 447 Å². The molecule has 3 saturated heterocycles. The summed E-state index contributed by atoms with van der Waals surface area (Å²) in [5.41, 5.74) is -11.2. The van der Waals surface area contributed by atoms with Crippen LogP contribution in [0.3, 0.4) is 0 Å². The number of carboxylic acid groups (broad SMARTS) is 1. The molecule has 79 heavy (non-hydrogen) atoms. The van der Waals surface area contributed by atoms with E-state index in [1.807, 2.05) is 13.0 Å². The Morgan fingerprint density at radius 2 is 1.72 bits per heavy atom. The number of carbonyl (C=O) groups excluding carboxylic acids is 1. The summed E-state index contributed by atoms with van der Waals surface area (Å²) in [4.78, 5) is 46.6.